The number of rotatable bonds is 10. The van der Waals surface area contributed by atoms with Crippen LogP contribution in [0, 0.1) is 22.0 Å². The Labute approximate surface area is 266 Å². The van der Waals surface area contributed by atoms with E-state index in [0.717, 1.165) is 59.0 Å². The van der Waals surface area contributed by atoms with Gasteiger partial charge in [0.25, 0.3) is 5.69 Å². The number of aliphatic hydroxyl groups is 1. The first-order valence-electron chi connectivity index (χ1n) is 15.9. The smallest absolute Gasteiger partial charge is 0.269 e. The maximum Gasteiger partial charge on any atom is 0.269 e. The van der Waals surface area contributed by atoms with Crippen molar-refractivity contribution in [2.24, 2.45) is 11.8 Å². The van der Waals surface area contributed by atoms with E-state index >= 15 is 0 Å². The van der Waals surface area contributed by atoms with Crippen LogP contribution in [0.5, 0.6) is 5.75 Å². The summed E-state index contributed by atoms with van der Waals surface area (Å²) in [6.07, 6.45) is 5.53. The van der Waals surface area contributed by atoms with Crippen molar-refractivity contribution in [3.63, 3.8) is 0 Å². The highest BCUT2D eigenvalue weighted by Crippen LogP contribution is 2.50. The van der Waals surface area contributed by atoms with Crippen LogP contribution in [0.15, 0.2) is 71.2 Å². The van der Waals surface area contributed by atoms with E-state index in [1.165, 1.54) is 6.07 Å². The second kappa shape index (κ2) is 11.6. The number of carbonyl (C=O) groups excluding carboxylic acids is 1. The molecule has 238 valence electrons. The van der Waals surface area contributed by atoms with Gasteiger partial charge in [0.2, 0.25) is 11.5 Å². The average molecular weight is 613 g/mol. The van der Waals surface area contributed by atoms with Gasteiger partial charge in [0.05, 0.1) is 28.6 Å². The summed E-state index contributed by atoms with van der Waals surface area (Å²) in [6.45, 7) is 18.5. The summed E-state index contributed by atoms with van der Waals surface area (Å²) >= 11 is 0. The van der Waals surface area contributed by atoms with Crippen LogP contribution in [0.4, 0.5) is 17.1 Å². The number of methoxy groups -OCH3 is 1. The van der Waals surface area contributed by atoms with Crippen molar-refractivity contribution in [1.29, 1.82) is 0 Å². The third-order valence-electron chi connectivity index (χ3n) is 9.61. The summed E-state index contributed by atoms with van der Waals surface area (Å²) in [5, 5.41) is 23.0. The van der Waals surface area contributed by atoms with Crippen molar-refractivity contribution in [1.82, 2.24) is 0 Å². The molecule has 0 amide bonds. The first-order valence-corrected chi connectivity index (χ1v) is 15.9. The van der Waals surface area contributed by atoms with E-state index in [-0.39, 0.29) is 27.7 Å². The van der Waals surface area contributed by atoms with Crippen LogP contribution >= 0.6 is 0 Å². The topological polar surface area (TPSA) is 95.9 Å². The van der Waals surface area contributed by atoms with Gasteiger partial charge in [-0.1, -0.05) is 41.5 Å². The number of aliphatic hydroxyl groups excluding tert-OH is 1. The Morgan fingerprint density at radius 2 is 1.67 bits per heavy atom. The monoisotopic (exact) mass is 612 g/mol. The molecule has 0 bridgehead atoms. The largest absolute Gasteiger partial charge is 0.506 e. The number of hydrogen-bond donors (Lipinski definition) is 1. The van der Waals surface area contributed by atoms with Gasteiger partial charge in [0, 0.05) is 59.6 Å². The number of Topliss-reactive ketones (excluding diaryl/α,β-unsaturated/α-hetero) is 1. The Morgan fingerprint density at radius 3 is 2.27 bits per heavy atom. The van der Waals surface area contributed by atoms with Crippen molar-refractivity contribution in [3.8, 4) is 5.75 Å². The number of nitro benzene ring substituents is 1. The van der Waals surface area contributed by atoms with E-state index in [1.54, 1.807) is 25.3 Å². The molecular weight excluding hydrogens is 566 g/mol. The predicted octanol–water partition coefficient (Wildman–Crippen LogP) is 8.07. The van der Waals surface area contributed by atoms with Gasteiger partial charge in [-0.15, -0.1) is 0 Å². The lowest BCUT2D eigenvalue weighted by molar-refractivity contribution is -0.439. The van der Waals surface area contributed by atoms with Crippen LogP contribution in [0.2, 0.25) is 0 Å². The molecule has 8 heteroatoms. The van der Waals surface area contributed by atoms with Gasteiger partial charge in [-0.05, 0) is 61.9 Å². The van der Waals surface area contributed by atoms with E-state index in [4.69, 9.17) is 4.74 Å². The molecule has 5 rings (SSSR count). The Hall–Kier alpha value is -4.20. The lowest BCUT2D eigenvalue weighted by Crippen LogP contribution is -2.32. The first-order chi connectivity index (χ1) is 21.1. The molecule has 0 saturated carbocycles. The molecule has 2 aromatic rings. The zero-order valence-electron chi connectivity index (χ0n) is 28.0. The van der Waals surface area contributed by atoms with E-state index in [1.807, 2.05) is 26.0 Å². The van der Waals surface area contributed by atoms with Gasteiger partial charge in [-0.2, -0.15) is 4.58 Å². The fourth-order valence-corrected chi connectivity index (χ4v) is 6.72. The summed E-state index contributed by atoms with van der Waals surface area (Å²) in [4.78, 5) is 27.2. The molecule has 2 aromatic carbocycles. The van der Waals surface area contributed by atoms with Gasteiger partial charge in [0.1, 0.15) is 18.1 Å². The molecule has 45 heavy (non-hydrogen) atoms. The van der Waals surface area contributed by atoms with E-state index < -0.39 is 10.8 Å². The maximum absolute atomic E-state index is 13.8. The lowest BCUT2D eigenvalue weighted by Gasteiger charge is -2.29. The highest BCUT2D eigenvalue weighted by atomic mass is 16.6. The summed E-state index contributed by atoms with van der Waals surface area (Å²) in [5.74, 6) is 1.50. The summed E-state index contributed by atoms with van der Waals surface area (Å²) in [6, 6.07) is 11.1. The number of nitro groups is 1. The lowest BCUT2D eigenvalue weighted by atomic mass is 9.77. The average Bonchev–Trinajstić information content (AvgIpc) is 3.33. The first kappa shape index (κ1) is 32.2. The summed E-state index contributed by atoms with van der Waals surface area (Å²) < 4.78 is 7.81. The number of ketones is 1. The van der Waals surface area contributed by atoms with E-state index in [9.17, 15) is 20.0 Å². The van der Waals surface area contributed by atoms with Crippen molar-refractivity contribution >= 4 is 28.6 Å². The van der Waals surface area contributed by atoms with Gasteiger partial charge < -0.3 is 14.7 Å². The Morgan fingerprint density at radius 1 is 0.978 bits per heavy atom. The molecule has 8 nitrogen and oxygen atoms in total. The Balaban J connectivity index is 1.59. The second-order valence-corrected chi connectivity index (χ2v) is 14.3. The Kier molecular flexibility index (Phi) is 8.32. The highest BCUT2D eigenvalue weighted by molar-refractivity contribution is 6.24. The molecule has 0 unspecified atom stereocenters. The van der Waals surface area contributed by atoms with E-state index in [0.29, 0.717) is 24.0 Å². The van der Waals surface area contributed by atoms with Crippen molar-refractivity contribution in [2.75, 3.05) is 25.1 Å². The summed E-state index contributed by atoms with van der Waals surface area (Å²) in [7, 11) is 1.66. The molecule has 1 aliphatic carbocycles. The van der Waals surface area contributed by atoms with Crippen LogP contribution in [0.25, 0.3) is 0 Å². The molecule has 3 aliphatic rings. The van der Waals surface area contributed by atoms with Crippen molar-refractivity contribution in [2.45, 2.75) is 79.1 Å². The second-order valence-electron chi connectivity index (χ2n) is 14.3. The standard InChI is InChI=1S/C37H45N3O5/c1-22(2)14-16-38-30-12-10-24(40(43)44)18-28(30)36(5,6)32(38)20-26-34(41)27(35(26)42)21-33-37(7,8)29-19-25(45-9)11-13-31(29)39(33)17-15-23(3)4/h10-13,18-23H,14-17H2,1-9H3/p+1. The fraction of sp³-hybridized carbons (Fsp3) is 0.459. The number of nitrogens with zero attached hydrogens (tertiary/aromatic N) is 3. The third kappa shape index (κ3) is 5.49. The van der Waals surface area contributed by atoms with Crippen LogP contribution in [0.3, 0.4) is 0 Å². The van der Waals surface area contributed by atoms with Crippen LogP contribution in [0.1, 0.15) is 79.4 Å². The minimum Gasteiger partial charge on any atom is -0.506 e. The zero-order valence-corrected chi connectivity index (χ0v) is 28.0. The quantitative estimate of drug-likeness (QED) is 0.126. The fourth-order valence-electron chi connectivity index (χ4n) is 6.72. The third-order valence-corrected chi connectivity index (χ3v) is 9.61. The number of allylic oxidation sites excluding steroid dienone is 5. The maximum atomic E-state index is 13.8. The van der Waals surface area contributed by atoms with Crippen LogP contribution in [-0.4, -0.2) is 46.3 Å². The summed E-state index contributed by atoms with van der Waals surface area (Å²) in [5.41, 5.74) is 5.35. The van der Waals surface area contributed by atoms with Gasteiger partial charge in [-0.25, -0.2) is 0 Å². The molecule has 0 spiro atoms. The Bertz CT molecular complexity index is 1700. The molecule has 1 N–H and O–H groups in total. The zero-order chi connectivity index (χ0) is 33.0. The van der Waals surface area contributed by atoms with Gasteiger partial charge in [0.15, 0.2) is 5.71 Å². The highest BCUT2D eigenvalue weighted by Gasteiger charge is 2.47. The number of non-ortho nitro benzene ring substituents is 1. The van der Waals surface area contributed by atoms with Gasteiger partial charge >= 0.3 is 0 Å². The van der Waals surface area contributed by atoms with Crippen molar-refractivity contribution in [3.05, 3.63) is 92.4 Å². The minimum absolute atomic E-state index is 0.0188. The predicted molar refractivity (Wildman–Crippen MR) is 179 cm³/mol. The SMILES string of the molecule is COc1ccc2c(c1)C(C)(C)C(C=C1C(=O)C(/C=C3\N(CCC(C)C)c4ccc([N+](=O)[O-])cc4C3(C)C)=C1O)=[N+]2CCC(C)C. The normalized spacial score (nSPS) is 20.1. The molecular formula is C37H46N3O5+. The van der Waals surface area contributed by atoms with Gasteiger partial charge in [-0.3, -0.25) is 14.9 Å². The number of benzene rings is 2. The van der Waals surface area contributed by atoms with Crippen LogP contribution in [-0.2, 0) is 15.6 Å². The molecule has 2 aliphatic heterocycles. The molecule has 2 heterocycles. The number of hydrogen-bond acceptors (Lipinski definition) is 6. The molecule has 0 fully saturated rings. The van der Waals surface area contributed by atoms with Crippen molar-refractivity contribution < 1.29 is 24.1 Å². The van der Waals surface area contributed by atoms with Crippen LogP contribution < -0.4 is 9.64 Å². The molecule has 0 saturated heterocycles. The van der Waals surface area contributed by atoms with E-state index in [2.05, 4.69) is 63.2 Å². The number of fused-ring (bicyclic) bond motifs is 2. The molecule has 0 atom stereocenters. The number of ether oxygens (including phenoxy) is 1. The molecule has 0 radical (unpaired) electrons. The number of anilines is 1. The number of carbonyl (C=O) groups is 1. The minimum atomic E-state index is -0.609. The molecule has 0 aromatic heterocycles.